The van der Waals surface area contributed by atoms with Gasteiger partial charge in [-0.1, -0.05) is 31.0 Å². The van der Waals surface area contributed by atoms with Crippen molar-refractivity contribution in [2.45, 2.75) is 25.8 Å². The second kappa shape index (κ2) is 7.81. The molecular formula is C18H22ClN3O2. The predicted octanol–water partition coefficient (Wildman–Crippen LogP) is 3.01. The second-order valence-corrected chi connectivity index (χ2v) is 6.38. The number of halogens is 1. The van der Waals surface area contributed by atoms with E-state index in [1.54, 1.807) is 0 Å². The molecule has 0 aliphatic carbocycles. The standard InChI is InChI=1S/C18H22ClN3O2/c1-2-3-10-24-18(23)16-12-20-8-9-22(16)17-7-5-13-4-6-14(19)11-15(13)21-17/h4-7,11,16,20H,2-3,8-10,12H2,1H3. The van der Waals surface area contributed by atoms with Crippen LogP contribution in [0, 0.1) is 0 Å². The number of unbranched alkanes of at least 4 members (excludes halogenated alkanes) is 1. The zero-order chi connectivity index (χ0) is 16.9. The Balaban J connectivity index is 1.83. The third-order valence-electron chi connectivity index (χ3n) is 4.19. The molecular weight excluding hydrogens is 326 g/mol. The number of anilines is 1. The number of piperazine rings is 1. The number of pyridine rings is 1. The summed E-state index contributed by atoms with van der Waals surface area (Å²) in [6.07, 6.45) is 1.89. The lowest BCUT2D eigenvalue weighted by Gasteiger charge is -2.35. The number of nitrogens with zero attached hydrogens (tertiary/aromatic N) is 2. The van der Waals surface area contributed by atoms with E-state index in [0.717, 1.165) is 36.1 Å². The first kappa shape index (κ1) is 17.0. The summed E-state index contributed by atoms with van der Waals surface area (Å²) in [4.78, 5) is 19.1. The molecule has 1 aliphatic rings. The highest BCUT2D eigenvalue weighted by Crippen LogP contribution is 2.23. The van der Waals surface area contributed by atoms with Gasteiger partial charge in [0.25, 0.3) is 0 Å². The van der Waals surface area contributed by atoms with E-state index in [-0.39, 0.29) is 12.0 Å². The molecule has 0 spiro atoms. The molecule has 1 saturated heterocycles. The van der Waals surface area contributed by atoms with Crippen molar-refractivity contribution in [3.63, 3.8) is 0 Å². The first-order valence-electron chi connectivity index (χ1n) is 8.39. The third-order valence-corrected chi connectivity index (χ3v) is 4.43. The number of hydrogen-bond acceptors (Lipinski definition) is 5. The first-order valence-corrected chi connectivity index (χ1v) is 8.77. The molecule has 1 N–H and O–H groups in total. The Labute approximate surface area is 146 Å². The minimum Gasteiger partial charge on any atom is -0.464 e. The van der Waals surface area contributed by atoms with Gasteiger partial charge in [0.2, 0.25) is 0 Å². The van der Waals surface area contributed by atoms with Crippen molar-refractivity contribution >= 4 is 34.3 Å². The van der Waals surface area contributed by atoms with Crippen molar-refractivity contribution < 1.29 is 9.53 Å². The smallest absolute Gasteiger partial charge is 0.330 e. The Morgan fingerprint density at radius 2 is 2.25 bits per heavy atom. The normalized spacial score (nSPS) is 17.9. The fraction of sp³-hybridized carbons (Fsp3) is 0.444. The molecule has 3 rings (SSSR count). The van der Waals surface area contributed by atoms with Gasteiger partial charge >= 0.3 is 5.97 Å². The molecule has 0 bridgehead atoms. The summed E-state index contributed by atoms with van der Waals surface area (Å²) in [7, 11) is 0. The van der Waals surface area contributed by atoms with Gasteiger partial charge in [-0.05, 0) is 30.7 Å². The lowest BCUT2D eigenvalue weighted by atomic mass is 10.1. The predicted molar refractivity (Wildman–Crippen MR) is 96.6 cm³/mol. The molecule has 0 saturated carbocycles. The zero-order valence-electron chi connectivity index (χ0n) is 13.8. The van der Waals surface area contributed by atoms with Gasteiger partial charge in [-0.2, -0.15) is 0 Å². The Kier molecular flexibility index (Phi) is 5.53. The molecule has 24 heavy (non-hydrogen) atoms. The summed E-state index contributed by atoms with van der Waals surface area (Å²) in [5, 5.41) is 4.94. The minimum absolute atomic E-state index is 0.191. The van der Waals surface area contributed by atoms with Crippen molar-refractivity contribution in [1.29, 1.82) is 0 Å². The Hall–Kier alpha value is -1.85. The van der Waals surface area contributed by atoms with Gasteiger partial charge in [-0.15, -0.1) is 0 Å². The molecule has 1 aromatic heterocycles. The molecule has 1 unspecified atom stereocenters. The molecule has 2 heterocycles. The van der Waals surface area contributed by atoms with Gasteiger partial charge in [0, 0.05) is 30.0 Å². The number of rotatable bonds is 5. The number of esters is 1. The molecule has 1 aliphatic heterocycles. The number of aromatic nitrogens is 1. The summed E-state index contributed by atoms with van der Waals surface area (Å²) < 4.78 is 5.41. The van der Waals surface area contributed by atoms with Gasteiger partial charge in [0.15, 0.2) is 0 Å². The number of carbonyl (C=O) groups excluding carboxylic acids is 1. The van der Waals surface area contributed by atoms with Crippen LogP contribution in [0.1, 0.15) is 19.8 Å². The maximum Gasteiger partial charge on any atom is 0.330 e. The topological polar surface area (TPSA) is 54.5 Å². The molecule has 128 valence electrons. The van der Waals surface area contributed by atoms with Gasteiger partial charge in [0.1, 0.15) is 11.9 Å². The highest BCUT2D eigenvalue weighted by atomic mass is 35.5. The minimum atomic E-state index is -0.347. The molecule has 5 nitrogen and oxygen atoms in total. The second-order valence-electron chi connectivity index (χ2n) is 5.94. The van der Waals surface area contributed by atoms with E-state index < -0.39 is 0 Å². The van der Waals surface area contributed by atoms with E-state index in [4.69, 9.17) is 21.3 Å². The molecule has 1 fully saturated rings. The first-order chi connectivity index (χ1) is 11.7. The highest BCUT2D eigenvalue weighted by molar-refractivity contribution is 6.31. The van der Waals surface area contributed by atoms with Crippen LogP contribution in [0.5, 0.6) is 0 Å². The maximum atomic E-state index is 12.4. The van der Waals surface area contributed by atoms with Crippen LogP contribution in [0.15, 0.2) is 30.3 Å². The number of benzene rings is 1. The quantitative estimate of drug-likeness (QED) is 0.665. The molecule has 1 aromatic carbocycles. The van der Waals surface area contributed by atoms with Gasteiger partial charge in [0.05, 0.1) is 12.1 Å². The lowest BCUT2D eigenvalue weighted by Crippen LogP contribution is -2.56. The fourth-order valence-corrected chi connectivity index (χ4v) is 3.01. The molecule has 0 amide bonds. The largest absolute Gasteiger partial charge is 0.464 e. The Morgan fingerprint density at radius 1 is 1.42 bits per heavy atom. The van der Waals surface area contributed by atoms with Crippen molar-refractivity contribution in [3.8, 4) is 0 Å². The van der Waals surface area contributed by atoms with Crippen LogP contribution in [-0.2, 0) is 9.53 Å². The lowest BCUT2D eigenvalue weighted by molar-refractivity contribution is -0.145. The van der Waals surface area contributed by atoms with Crippen LogP contribution in [-0.4, -0.2) is 43.2 Å². The van der Waals surface area contributed by atoms with E-state index in [1.807, 2.05) is 35.2 Å². The average Bonchev–Trinajstić information content (AvgIpc) is 2.61. The Bertz CT molecular complexity index is 722. The monoisotopic (exact) mass is 347 g/mol. The van der Waals surface area contributed by atoms with Crippen LogP contribution in [0.2, 0.25) is 5.02 Å². The molecule has 0 radical (unpaired) electrons. The SMILES string of the molecule is CCCCOC(=O)C1CNCCN1c1ccc2ccc(Cl)cc2n1. The highest BCUT2D eigenvalue weighted by Gasteiger charge is 2.30. The van der Waals surface area contributed by atoms with Crippen molar-refractivity contribution in [3.05, 3.63) is 35.4 Å². The van der Waals surface area contributed by atoms with E-state index in [9.17, 15) is 4.79 Å². The van der Waals surface area contributed by atoms with E-state index in [0.29, 0.717) is 24.7 Å². The summed E-state index contributed by atoms with van der Waals surface area (Å²) in [5.74, 6) is 0.590. The summed E-state index contributed by atoms with van der Waals surface area (Å²) >= 11 is 6.07. The van der Waals surface area contributed by atoms with E-state index in [2.05, 4.69) is 12.2 Å². The zero-order valence-corrected chi connectivity index (χ0v) is 14.6. The van der Waals surface area contributed by atoms with Crippen LogP contribution < -0.4 is 10.2 Å². The maximum absolute atomic E-state index is 12.4. The van der Waals surface area contributed by atoms with Crippen molar-refractivity contribution in [2.24, 2.45) is 0 Å². The van der Waals surface area contributed by atoms with Crippen LogP contribution in [0.25, 0.3) is 10.9 Å². The van der Waals surface area contributed by atoms with Crippen LogP contribution >= 0.6 is 11.6 Å². The number of nitrogens with one attached hydrogen (secondary N) is 1. The molecule has 1 atom stereocenters. The third kappa shape index (κ3) is 3.79. The van der Waals surface area contributed by atoms with Crippen LogP contribution in [0.4, 0.5) is 5.82 Å². The van der Waals surface area contributed by atoms with E-state index in [1.165, 1.54) is 0 Å². The van der Waals surface area contributed by atoms with Gasteiger partial charge in [-0.3, -0.25) is 0 Å². The number of carbonyl (C=O) groups is 1. The summed E-state index contributed by atoms with van der Waals surface area (Å²) in [5.41, 5.74) is 0.830. The van der Waals surface area contributed by atoms with Crippen LogP contribution in [0.3, 0.4) is 0 Å². The Morgan fingerprint density at radius 3 is 3.08 bits per heavy atom. The van der Waals surface area contributed by atoms with Crippen molar-refractivity contribution in [2.75, 3.05) is 31.1 Å². The fourth-order valence-electron chi connectivity index (χ4n) is 2.84. The summed E-state index contributed by atoms with van der Waals surface area (Å²) in [6.45, 7) is 4.65. The number of fused-ring (bicyclic) bond motifs is 1. The number of ether oxygens (including phenoxy) is 1. The number of hydrogen-bond donors (Lipinski definition) is 1. The van der Waals surface area contributed by atoms with Crippen molar-refractivity contribution in [1.82, 2.24) is 10.3 Å². The summed E-state index contributed by atoms with van der Waals surface area (Å²) in [6, 6.07) is 9.26. The average molecular weight is 348 g/mol. The van der Waals surface area contributed by atoms with E-state index >= 15 is 0 Å². The molecule has 6 heteroatoms. The van der Waals surface area contributed by atoms with Gasteiger partial charge in [-0.25, -0.2) is 9.78 Å². The van der Waals surface area contributed by atoms with Gasteiger partial charge < -0.3 is 15.0 Å². The molecule has 2 aromatic rings.